The van der Waals surface area contributed by atoms with Gasteiger partial charge in [-0.15, -0.1) is 0 Å². The van der Waals surface area contributed by atoms with Crippen molar-refractivity contribution in [2.45, 2.75) is 19.3 Å². The van der Waals surface area contributed by atoms with Crippen LogP contribution >= 0.6 is 0 Å². The predicted molar refractivity (Wildman–Crippen MR) is 94.0 cm³/mol. The maximum absolute atomic E-state index is 12.6. The molecule has 124 valence electrons. The molecular weight excluding hydrogens is 318 g/mol. The van der Waals surface area contributed by atoms with E-state index in [4.69, 9.17) is 0 Å². The van der Waals surface area contributed by atoms with E-state index >= 15 is 0 Å². The van der Waals surface area contributed by atoms with Crippen molar-refractivity contribution < 1.29 is 9.59 Å². The van der Waals surface area contributed by atoms with Gasteiger partial charge < -0.3 is 10.3 Å². The fraction of sp³-hybridized carbons (Fsp3) is 0.158. The van der Waals surface area contributed by atoms with Gasteiger partial charge in [0, 0.05) is 29.3 Å². The van der Waals surface area contributed by atoms with Crippen LogP contribution in [-0.2, 0) is 6.42 Å². The number of nitrogens with zero attached hydrogens (tertiary/aromatic N) is 1. The van der Waals surface area contributed by atoms with Gasteiger partial charge in [-0.3, -0.25) is 19.4 Å². The second kappa shape index (κ2) is 5.98. The summed E-state index contributed by atoms with van der Waals surface area (Å²) in [6.07, 6.45) is 3.48. The van der Waals surface area contributed by atoms with E-state index in [1.54, 1.807) is 24.4 Å². The average Bonchev–Trinajstić information content (AvgIpc) is 2.62. The fourth-order valence-corrected chi connectivity index (χ4v) is 3.15. The fourth-order valence-electron chi connectivity index (χ4n) is 3.15. The number of aromatic amines is 1. The molecule has 25 heavy (non-hydrogen) atoms. The molecular formula is C19H15N3O3. The van der Waals surface area contributed by atoms with Gasteiger partial charge in [-0.1, -0.05) is 6.07 Å². The Labute approximate surface area is 142 Å². The number of pyridine rings is 2. The molecule has 1 aliphatic rings. The molecule has 0 fully saturated rings. The molecule has 0 aliphatic heterocycles. The van der Waals surface area contributed by atoms with E-state index < -0.39 is 11.5 Å². The van der Waals surface area contributed by atoms with Crippen LogP contribution in [0, 0.1) is 0 Å². The van der Waals surface area contributed by atoms with E-state index in [-0.39, 0.29) is 11.3 Å². The molecule has 1 aliphatic carbocycles. The van der Waals surface area contributed by atoms with E-state index in [0.29, 0.717) is 29.8 Å². The second-order valence-corrected chi connectivity index (χ2v) is 6.01. The summed E-state index contributed by atoms with van der Waals surface area (Å²) in [5.41, 5.74) is 1.83. The molecule has 1 amide bonds. The molecule has 6 nitrogen and oxygen atoms in total. The zero-order chi connectivity index (χ0) is 17.4. The molecule has 0 spiro atoms. The van der Waals surface area contributed by atoms with Crippen molar-refractivity contribution in [2.24, 2.45) is 0 Å². The lowest BCUT2D eigenvalue weighted by Crippen LogP contribution is -2.27. The maximum Gasteiger partial charge on any atom is 0.261 e. The van der Waals surface area contributed by atoms with E-state index in [2.05, 4.69) is 15.3 Å². The number of aromatic nitrogens is 2. The Hall–Kier alpha value is -3.28. The van der Waals surface area contributed by atoms with Crippen molar-refractivity contribution in [3.63, 3.8) is 0 Å². The first-order chi connectivity index (χ1) is 12.1. The number of nitrogens with one attached hydrogen (secondary N) is 2. The van der Waals surface area contributed by atoms with Gasteiger partial charge in [-0.05, 0) is 43.2 Å². The molecule has 0 saturated carbocycles. The molecule has 3 aromatic rings. The smallest absolute Gasteiger partial charge is 0.261 e. The summed E-state index contributed by atoms with van der Waals surface area (Å²) in [6, 6.07) is 10.4. The second-order valence-electron chi connectivity index (χ2n) is 6.01. The number of aryl methyl sites for hydroxylation is 1. The Morgan fingerprint density at radius 1 is 1.12 bits per heavy atom. The number of fused-ring (bicyclic) bond motifs is 2. The lowest BCUT2D eigenvalue weighted by Gasteiger charge is -2.15. The van der Waals surface area contributed by atoms with Gasteiger partial charge in [-0.25, -0.2) is 0 Å². The first-order valence-corrected chi connectivity index (χ1v) is 8.08. The number of ketones is 1. The number of H-pyrrole nitrogens is 1. The lowest BCUT2D eigenvalue weighted by molar-refractivity contribution is 0.0971. The van der Waals surface area contributed by atoms with Crippen molar-refractivity contribution in [2.75, 3.05) is 5.32 Å². The number of carbonyl (C=O) groups is 2. The molecule has 2 N–H and O–H groups in total. The number of amides is 1. The monoisotopic (exact) mass is 333 g/mol. The third kappa shape index (κ3) is 2.71. The maximum atomic E-state index is 12.6. The van der Waals surface area contributed by atoms with Crippen LogP contribution < -0.4 is 10.9 Å². The topological polar surface area (TPSA) is 91.9 Å². The predicted octanol–water partition coefficient (Wildman–Crippen LogP) is 2.69. The largest absolute Gasteiger partial charge is 0.325 e. The average molecular weight is 333 g/mol. The van der Waals surface area contributed by atoms with Crippen molar-refractivity contribution in [1.82, 2.24) is 9.97 Å². The summed E-state index contributed by atoms with van der Waals surface area (Å²) >= 11 is 0. The van der Waals surface area contributed by atoms with Gasteiger partial charge in [0.15, 0.2) is 5.78 Å². The van der Waals surface area contributed by atoms with Crippen molar-refractivity contribution in [3.8, 4) is 0 Å². The molecule has 0 atom stereocenters. The summed E-state index contributed by atoms with van der Waals surface area (Å²) in [4.78, 5) is 43.8. The molecule has 0 radical (unpaired) electrons. The summed E-state index contributed by atoms with van der Waals surface area (Å²) in [6.45, 7) is 0. The Morgan fingerprint density at radius 2 is 2.00 bits per heavy atom. The third-order valence-corrected chi connectivity index (χ3v) is 4.39. The molecule has 6 heteroatoms. The van der Waals surface area contributed by atoms with Gasteiger partial charge in [-0.2, -0.15) is 0 Å². The first-order valence-electron chi connectivity index (χ1n) is 8.08. The minimum atomic E-state index is -0.543. The highest BCUT2D eigenvalue weighted by Gasteiger charge is 2.22. The van der Waals surface area contributed by atoms with Gasteiger partial charge in [0.1, 0.15) is 5.56 Å². The molecule has 2 heterocycles. The number of hydrogen-bond acceptors (Lipinski definition) is 4. The minimum absolute atomic E-state index is 0.0408. The Balaban J connectivity index is 1.73. The van der Waals surface area contributed by atoms with Crippen molar-refractivity contribution in [1.29, 1.82) is 0 Å². The Kier molecular flexibility index (Phi) is 3.65. The van der Waals surface area contributed by atoms with Crippen LogP contribution in [0.1, 0.15) is 39.3 Å². The van der Waals surface area contributed by atoms with Crippen LogP contribution in [-0.4, -0.2) is 21.7 Å². The molecule has 0 saturated heterocycles. The van der Waals surface area contributed by atoms with Crippen LogP contribution in [0.4, 0.5) is 5.69 Å². The van der Waals surface area contributed by atoms with E-state index in [1.165, 1.54) is 6.07 Å². The number of rotatable bonds is 2. The summed E-state index contributed by atoms with van der Waals surface area (Å²) in [7, 11) is 0. The van der Waals surface area contributed by atoms with Crippen molar-refractivity contribution >= 4 is 28.3 Å². The van der Waals surface area contributed by atoms with Gasteiger partial charge in [0.2, 0.25) is 0 Å². The quantitative estimate of drug-likeness (QED) is 0.754. The highest BCUT2D eigenvalue weighted by atomic mass is 16.2. The molecule has 4 rings (SSSR count). The zero-order valence-corrected chi connectivity index (χ0v) is 13.3. The molecule has 1 aromatic carbocycles. The number of Topliss-reactive ketones (excluding diaryl/α,β-unsaturated/α-hetero) is 1. The van der Waals surface area contributed by atoms with E-state index in [0.717, 1.165) is 17.3 Å². The standard InChI is InChI=1S/C19H15N3O3/c23-17-8-2-7-16-12(17)10-13(19(25)22-16)18(24)21-15-6-1-5-14-11(15)4-3-9-20-14/h1,3-6,9-10H,2,7-8H2,(H,21,24)(H,22,25). The Morgan fingerprint density at radius 3 is 2.88 bits per heavy atom. The zero-order valence-electron chi connectivity index (χ0n) is 13.3. The highest BCUT2D eigenvalue weighted by molar-refractivity contribution is 6.09. The number of hydrogen-bond donors (Lipinski definition) is 2. The molecule has 2 aromatic heterocycles. The highest BCUT2D eigenvalue weighted by Crippen LogP contribution is 2.23. The summed E-state index contributed by atoms with van der Waals surface area (Å²) in [5.74, 6) is -0.584. The van der Waals surface area contributed by atoms with Gasteiger partial charge in [0.05, 0.1) is 11.2 Å². The van der Waals surface area contributed by atoms with Crippen molar-refractivity contribution in [3.05, 3.63) is 69.8 Å². The van der Waals surface area contributed by atoms with Gasteiger partial charge >= 0.3 is 0 Å². The van der Waals surface area contributed by atoms with Crippen LogP contribution in [0.5, 0.6) is 0 Å². The lowest BCUT2D eigenvalue weighted by atomic mass is 9.93. The van der Waals surface area contributed by atoms with Crippen LogP contribution in [0.25, 0.3) is 10.9 Å². The molecule has 0 bridgehead atoms. The minimum Gasteiger partial charge on any atom is -0.325 e. The number of carbonyl (C=O) groups excluding carboxylic acids is 2. The normalized spacial score (nSPS) is 13.5. The van der Waals surface area contributed by atoms with Crippen LogP contribution in [0.15, 0.2) is 47.4 Å². The van der Waals surface area contributed by atoms with Crippen LogP contribution in [0.3, 0.4) is 0 Å². The number of anilines is 1. The summed E-state index contributed by atoms with van der Waals surface area (Å²) < 4.78 is 0. The third-order valence-electron chi connectivity index (χ3n) is 4.39. The van der Waals surface area contributed by atoms with Gasteiger partial charge in [0.25, 0.3) is 11.5 Å². The SMILES string of the molecule is O=C1CCCc2[nH]c(=O)c(C(=O)Nc3cccc4ncccc34)cc21. The number of benzene rings is 1. The molecule has 0 unspecified atom stereocenters. The summed E-state index contributed by atoms with van der Waals surface area (Å²) in [5, 5.41) is 3.53. The Bertz CT molecular complexity index is 1060. The first kappa shape index (κ1) is 15.3. The van der Waals surface area contributed by atoms with Crippen LogP contribution in [0.2, 0.25) is 0 Å². The van der Waals surface area contributed by atoms with E-state index in [9.17, 15) is 14.4 Å². The van der Waals surface area contributed by atoms with E-state index in [1.807, 2.05) is 12.1 Å².